The van der Waals surface area contributed by atoms with Gasteiger partial charge in [0.2, 0.25) is 0 Å². The molecular formula is C13H14BrN3O. The molecule has 4 nitrogen and oxygen atoms in total. The molecule has 0 aromatic carbocycles. The van der Waals surface area contributed by atoms with E-state index < -0.39 is 0 Å². The highest BCUT2D eigenvalue weighted by atomic mass is 79.9. The molecule has 1 saturated carbocycles. The van der Waals surface area contributed by atoms with Crippen LogP contribution in [0.15, 0.2) is 30.6 Å². The molecule has 0 atom stereocenters. The summed E-state index contributed by atoms with van der Waals surface area (Å²) in [4.78, 5) is 12.1. The maximum atomic E-state index is 12.1. The predicted octanol–water partition coefficient (Wildman–Crippen LogP) is 2.24. The minimum absolute atomic E-state index is 0.0385. The van der Waals surface area contributed by atoms with Crippen molar-refractivity contribution in [2.24, 2.45) is 5.41 Å². The molecular weight excluding hydrogens is 294 g/mol. The van der Waals surface area contributed by atoms with Crippen molar-refractivity contribution in [3.05, 3.63) is 36.2 Å². The zero-order valence-corrected chi connectivity index (χ0v) is 11.5. The van der Waals surface area contributed by atoms with Gasteiger partial charge in [-0.2, -0.15) is 5.10 Å². The number of fused-ring (bicyclic) bond motifs is 1. The summed E-state index contributed by atoms with van der Waals surface area (Å²) in [5.74, 6) is -0.0385. The number of carbonyl (C=O) groups excluding carboxylic acids is 1. The van der Waals surface area contributed by atoms with Crippen LogP contribution < -0.4 is 5.32 Å². The Morgan fingerprint density at radius 2 is 2.33 bits per heavy atom. The van der Waals surface area contributed by atoms with Crippen molar-refractivity contribution in [3.8, 4) is 0 Å². The number of hydrogen-bond acceptors (Lipinski definition) is 2. The van der Waals surface area contributed by atoms with Crippen molar-refractivity contribution in [2.45, 2.75) is 12.8 Å². The van der Waals surface area contributed by atoms with Gasteiger partial charge >= 0.3 is 0 Å². The van der Waals surface area contributed by atoms with E-state index >= 15 is 0 Å². The number of alkyl halides is 1. The Morgan fingerprint density at radius 3 is 3.06 bits per heavy atom. The molecule has 0 aliphatic heterocycles. The molecule has 1 amide bonds. The number of carbonyl (C=O) groups is 1. The maximum absolute atomic E-state index is 12.1. The minimum atomic E-state index is -0.0385. The summed E-state index contributed by atoms with van der Waals surface area (Å²) in [6, 6.07) is 5.71. The van der Waals surface area contributed by atoms with E-state index in [9.17, 15) is 4.79 Å². The molecule has 0 saturated heterocycles. The zero-order valence-electron chi connectivity index (χ0n) is 9.90. The van der Waals surface area contributed by atoms with E-state index in [1.807, 2.05) is 24.4 Å². The molecule has 0 radical (unpaired) electrons. The molecule has 1 N–H and O–H groups in total. The first-order valence-electron chi connectivity index (χ1n) is 6.01. The van der Waals surface area contributed by atoms with Crippen molar-refractivity contribution in [2.75, 3.05) is 11.9 Å². The molecule has 5 heteroatoms. The fourth-order valence-corrected chi connectivity index (χ4v) is 2.77. The first-order chi connectivity index (χ1) is 8.74. The number of halogens is 1. The summed E-state index contributed by atoms with van der Waals surface area (Å²) < 4.78 is 1.71. The van der Waals surface area contributed by atoms with Crippen LogP contribution in [0.4, 0.5) is 0 Å². The van der Waals surface area contributed by atoms with Gasteiger partial charge in [0.1, 0.15) is 0 Å². The second-order valence-electron chi connectivity index (χ2n) is 4.91. The van der Waals surface area contributed by atoms with Gasteiger partial charge in [-0.05, 0) is 30.4 Å². The van der Waals surface area contributed by atoms with Crippen molar-refractivity contribution in [3.63, 3.8) is 0 Å². The van der Waals surface area contributed by atoms with E-state index in [2.05, 4.69) is 26.3 Å². The van der Waals surface area contributed by atoms with Gasteiger partial charge in [-0.25, -0.2) is 4.52 Å². The van der Waals surface area contributed by atoms with Gasteiger partial charge in [0.15, 0.2) is 0 Å². The molecule has 1 aliphatic rings. The number of pyridine rings is 1. The molecule has 94 valence electrons. The van der Waals surface area contributed by atoms with Crippen LogP contribution in [-0.4, -0.2) is 27.4 Å². The predicted molar refractivity (Wildman–Crippen MR) is 73.0 cm³/mol. The topological polar surface area (TPSA) is 46.4 Å². The molecule has 2 heterocycles. The molecule has 2 aromatic heterocycles. The number of aromatic nitrogens is 2. The molecule has 1 fully saturated rings. The Balaban J connectivity index is 1.76. The Hall–Kier alpha value is -1.36. The van der Waals surface area contributed by atoms with Gasteiger partial charge in [0, 0.05) is 18.1 Å². The van der Waals surface area contributed by atoms with Gasteiger partial charge in [0.25, 0.3) is 5.91 Å². The fourth-order valence-electron chi connectivity index (χ4n) is 2.01. The normalized spacial score (nSPS) is 16.7. The summed E-state index contributed by atoms with van der Waals surface area (Å²) in [6.45, 7) is 0.737. The molecule has 0 unspecified atom stereocenters. The van der Waals surface area contributed by atoms with Gasteiger partial charge < -0.3 is 5.32 Å². The van der Waals surface area contributed by atoms with Crippen molar-refractivity contribution in [1.82, 2.24) is 14.9 Å². The average molecular weight is 308 g/mol. The van der Waals surface area contributed by atoms with E-state index in [4.69, 9.17) is 0 Å². The Kier molecular flexibility index (Phi) is 2.86. The van der Waals surface area contributed by atoms with E-state index in [-0.39, 0.29) is 5.91 Å². The van der Waals surface area contributed by atoms with Crippen LogP contribution in [0.2, 0.25) is 0 Å². The summed E-state index contributed by atoms with van der Waals surface area (Å²) >= 11 is 3.50. The minimum Gasteiger partial charge on any atom is -0.351 e. The van der Waals surface area contributed by atoms with Gasteiger partial charge in [-0.1, -0.05) is 22.0 Å². The number of nitrogens with zero attached hydrogens (tertiary/aromatic N) is 2. The first kappa shape index (κ1) is 11.7. The fraction of sp³-hybridized carbons (Fsp3) is 0.385. The third-order valence-corrected chi connectivity index (χ3v) is 4.73. The lowest BCUT2D eigenvalue weighted by Crippen LogP contribution is -2.30. The Bertz CT molecular complexity index is 589. The quantitative estimate of drug-likeness (QED) is 0.881. The number of amides is 1. The highest BCUT2D eigenvalue weighted by Gasteiger charge is 2.41. The van der Waals surface area contributed by atoms with Crippen LogP contribution in [0.3, 0.4) is 0 Å². The van der Waals surface area contributed by atoms with Crippen molar-refractivity contribution < 1.29 is 4.79 Å². The maximum Gasteiger partial charge on any atom is 0.255 e. The molecule has 2 aromatic rings. The SMILES string of the molecule is O=C(NCC1(CBr)CC1)c1cnn2ccccc12. The summed E-state index contributed by atoms with van der Waals surface area (Å²) in [5.41, 5.74) is 1.78. The van der Waals surface area contributed by atoms with Crippen LogP contribution in [0.25, 0.3) is 5.52 Å². The van der Waals surface area contributed by atoms with Crippen molar-refractivity contribution in [1.29, 1.82) is 0 Å². The number of hydrogen-bond donors (Lipinski definition) is 1. The van der Waals surface area contributed by atoms with Gasteiger partial charge in [0.05, 0.1) is 17.3 Å². The average Bonchev–Trinajstić information content (AvgIpc) is 3.07. The molecule has 0 spiro atoms. The largest absolute Gasteiger partial charge is 0.351 e. The lowest BCUT2D eigenvalue weighted by molar-refractivity contribution is 0.0948. The third-order valence-electron chi connectivity index (χ3n) is 3.54. The second kappa shape index (κ2) is 4.39. The number of nitrogens with one attached hydrogen (secondary N) is 1. The summed E-state index contributed by atoms with van der Waals surface area (Å²) in [6.07, 6.45) is 5.84. The Morgan fingerprint density at radius 1 is 1.50 bits per heavy atom. The zero-order chi connectivity index (χ0) is 12.6. The third kappa shape index (κ3) is 2.03. The van der Waals surface area contributed by atoms with Crippen LogP contribution in [0.1, 0.15) is 23.2 Å². The Labute approximate surface area is 114 Å². The lowest BCUT2D eigenvalue weighted by Gasteiger charge is -2.11. The highest BCUT2D eigenvalue weighted by Crippen LogP contribution is 2.46. The monoisotopic (exact) mass is 307 g/mol. The molecule has 18 heavy (non-hydrogen) atoms. The van der Waals surface area contributed by atoms with Gasteiger partial charge in [-0.15, -0.1) is 0 Å². The van der Waals surface area contributed by atoms with Crippen molar-refractivity contribution >= 4 is 27.4 Å². The van der Waals surface area contributed by atoms with Crippen LogP contribution >= 0.6 is 15.9 Å². The first-order valence-corrected chi connectivity index (χ1v) is 7.13. The molecule has 1 aliphatic carbocycles. The standard InChI is InChI=1S/C13H14BrN3O/c14-8-13(4-5-13)9-15-12(18)10-7-16-17-6-2-1-3-11(10)17/h1-3,6-7H,4-5,8-9H2,(H,15,18). The smallest absolute Gasteiger partial charge is 0.255 e. The van der Waals surface area contributed by atoms with Crippen LogP contribution in [0.5, 0.6) is 0 Å². The van der Waals surface area contributed by atoms with E-state index in [1.54, 1.807) is 10.7 Å². The second-order valence-corrected chi connectivity index (χ2v) is 5.47. The van der Waals surface area contributed by atoms with Crippen LogP contribution in [0, 0.1) is 5.41 Å². The van der Waals surface area contributed by atoms with Gasteiger partial charge in [-0.3, -0.25) is 4.79 Å². The lowest BCUT2D eigenvalue weighted by atomic mass is 10.1. The van der Waals surface area contributed by atoms with E-state index in [0.29, 0.717) is 11.0 Å². The molecule has 3 rings (SSSR count). The summed E-state index contributed by atoms with van der Waals surface area (Å²) in [5, 5.41) is 8.13. The van der Waals surface area contributed by atoms with E-state index in [0.717, 1.165) is 17.4 Å². The van der Waals surface area contributed by atoms with Crippen LogP contribution in [-0.2, 0) is 0 Å². The van der Waals surface area contributed by atoms with E-state index in [1.165, 1.54) is 12.8 Å². The molecule has 0 bridgehead atoms. The summed E-state index contributed by atoms with van der Waals surface area (Å²) in [7, 11) is 0. The number of rotatable bonds is 4. The highest BCUT2D eigenvalue weighted by molar-refractivity contribution is 9.09.